The molecule has 3 aromatic rings. The molecule has 0 N–H and O–H groups in total. The Hall–Kier alpha value is -2.50. The fourth-order valence-electron chi connectivity index (χ4n) is 3.13. The second kappa shape index (κ2) is 12.0. The summed E-state index contributed by atoms with van der Waals surface area (Å²) < 4.78 is 55.8. The van der Waals surface area contributed by atoms with Crippen LogP contribution in [0.25, 0.3) is 0 Å². The highest BCUT2D eigenvalue weighted by atomic mass is 79.9. The van der Waals surface area contributed by atoms with Gasteiger partial charge in [-0.1, -0.05) is 45.7 Å². The molecule has 0 saturated heterocycles. The van der Waals surface area contributed by atoms with Crippen molar-refractivity contribution in [3.8, 4) is 5.75 Å². The summed E-state index contributed by atoms with van der Waals surface area (Å²) in [4.78, 5) is 24.0. The summed E-state index contributed by atoms with van der Waals surface area (Å²) in [7, 11) is -3.28. The Morgan fingerprint density at radius 3 is 2.20 bits per heavy atom. The average Bonchev–Trinajstić information content (AvgIpc) is 3.18. The summed E-state index contributed by atoms with van der Waals surface area (Å²) >= 11 is 9.47. The van der Waals surface area contributed by atoms with Crippen molar-refractivity contribution in [2.75, 3.05) is 13.7 Å². The van der Waals surface area contributed by atoms with Gasteiger partial charge in [0, 0.05) is 16.9 Å². The lowest BCUT2D eigenvalue weighted by molar-refractivity contribution is -0.142. The molecule has 0 spiro atoms. The molecule has 9 nitrogen and oxygen atoms in total. The molecule has 0 fully saturated rings. The van der Waals surface area contributed by atoms with Crippen LogP contribution < -0.4 is 10.4 Å². The standard InChI is InChI=1S/C21H19BrClF2N2O7P/c1-31-20(28)12-32-19-5-3-15(9-18(19)23)11-27-7-6-26(21(27)29)10-14-2-4-16(17(22)8-14)13-35(30,33-24)34-25/h2-9H,10-13H2,1H3. The summed E-state index contributed by atoms with van der Waals surface area (Å²) in [5, 5.41) is 0.282. The van der Waals surface area contributed by atoms with Crippen molar-refractivity contribution in [3.63, 3.8) is 0 Å². The summed E-state index contributed by atoms with van der Waals surface area (Å²) in [5.74, 6) is -0.227. The minimum absolute atomic E-state index is 0.211. The monoisotopic (exact) mass is 594 g/mol. The Labute approximate surface area is 211 Å². The van der Waals surface area contributed by atoms with Crippen molar-refractivity contribution in [3.05, 3.63) is 85.5 Å². The number of carbonyl (C=O) groups excluding carboxylic acids is 1. The number of methoxy groups -OCH3 is 1. The van der Waals surface area contributed by atoms with Gasteiger partial charge in [-0.25, -0.2) is 9.59 Å². The quantitative estimate of drug-likeness (QED) is 0.222. The zero-order chi connectivity index (χ0) is 25.6. The van der Waals surface area contributed by atoms with Crippen molar-refractivity contribution in [1.29, 1.82) is 0 Å². The normalized spacial score (nSPS) is 11.5. The first-order valence-electron chi connectivity index (χ1n) is 9.88. The zero-order valence-electron chi connectivity index (χ0n) is 18.2. The predicted molar refractivity (Wildman–Crippen MR) is 126 cm³/mol. The third kappa shape index (κ3) is 7.02. The van der Waals surface area contributed by atoms with Crippen LogP contribution in [0, 0.1) is 0 Å². The molecular weight excluding hydrogens is 577 g/mol. The summed E-state index contributed by atoms with van der Waals surface area (Å²) in [6.07, 6.45) is 2.61. The summed E-state index contributed by atoms with van der Waals surface area (Å²) in [5.41, 5.74) is 1.46. The lowest BCUT2D eigenvalue weighted by Crippen LogP contribution is -2.24. The number of carbonyl (C=O) groups is 1. The third-order valence-electron chi connectivity index (χ3n) is 4.89. The molecule has 0 aliphatic rings. The molecule has 0 saturated carbocycles. The molecule has 188 valence electrons. The molecule has 0 amide bonds. The maximum absolute atomic E-state index is 12.8. The van der Waals surface area contributed by atoms with Crippen molar-refractivity contribution in [1.82, 2.24) is 9.13 Å². The highest BCUT2D eigenvalue weighted by Crippen LogP contribution is 2.52. The maximum Gasteiger partial charge on any atom is 0.399 e. The molecule has 1 aromatic heterocycles. The lowest BCUT2D eigenvalue weighted by Gasteiger charge is -2.10. The number of nitrogens with zero attached hydrogens (tertiary/aromatic N) is 2. The van der Waals surface area contributed by atoms with Crippen LogP contribution >= 0.6 is 35.1 Å². The molecule has 0 atom stereocenters. The van der Waals surface area contributed by atoms with Crippen LogP contribution in [0.15, 0.2) is 58.1 Å². The second-order valence-electron chi connectivity index (χ2n) is 7.30. The van der Waals surface area contributed by atoms with Crippen LogP contribution in [-0.2, 0) is 42.8 Å². The van der Waals surface area contributed by atoms with Gasteiger partial charge in [-0.2, -0.15) is 0 Å². The van der Waals surface area contributed by atoms with E-state index >= 15 is 0 Å². The average molecular weight is 596 g/mol. The van der Waals surface area contributed by atoms with Gasteiger partial charge >= 0.3 is 19.3 Å². The van der Waals surface area contributed by atoms with Crippen LogP contribution in [0.1, 0.15) is 16.7 Å². The summed E-state index contributed by atoms with van der Waals surface area (Å²) in [6.45, 7) is 0.178. The van der Waals surface area contributed by atoms with Gasteiger partial charge in [0.05, 0.1) is 31.4 Å². The third-order valence-corrected chi connectivity index (χ3v) is 7.07. The van der Waals surface area contributed by atoms with E-state index in [1.165, 1.54) is 22.3 Å². The van der Waals surface area contributed by atoms with Crippen LogP contribution in [0.2, 0.25) is 5.02 Å². The van der Waals surface area contributed by atoms with E-state index in [0.717, 1.165) is 5.56 Å². The van der Waals surface area contributed by atoms with E-state index in [4.69, 9.17) is 16.3 Å². The van der Waals surface area contributed by atoms with Gasteiger partial charge in [0.2, 0.25) is 0 Å². The Kier molecular flexibility index (Phi) is 9.26. The number of esters is 1. The van der Waals surface area contributed by atoms with Gasteiger partial charge < -0.3 is 9.47 Å². The van der Waals surface area contributed by atoms with E-state index in [1.54, 1.807) is 42.7 Å². The maximum atomic E-state index is 12.8. The van der Waals surface area contributed by atoms with E-state index in [1.807, 2.05) is 0 Å². The van der Waals surface area contributed by atoms with E-state index < -0.39 is 19.7 Å². The fourth-order valence-corrected chi connectivity index (χ4v) is 4.98. The van der Waals surface area contributed by atoms with E-state index in [2.05, 4.69) is 30.1 Å². The second-order valence-corrected chi connectivity index (χ2v) is 10.4. The van der Waals surface area contributed by atoms with E-state index in [9.17, 15) is 23.2 Å². The van der Waals surface area contributed by atoms with Gasteiger partial charge in [0.1, 0.15) is 5.75 Å². The topological polar surface area (TPSA) is 98.0 Å². The van der Waals surface area contributed by atoms with Crippen LogP contribution in [0.4, 0.5) is 9.05 Å². The summed E-state index contributed by atoms with van der Waals surface area (Å²) in [6, 6.07) is 9.71. The number of hydrogen-bond acceptors (Lipinski definition) is 7. The minimum Gasteiger partial charge on any atom is -0.480 e. The number of ether oxygens (including phenoxy) is 2. The van der Waals surface area contributed by atoms with E-state index in [-0.39, 0.29) is 30.4 Å². The Morgan fingerprint density at radius 1 is 1.06 bits per heavy atom. The van der Waals surface area contributed by atoms with Crippen LogP contribution in [-0.4, -0.2) is 28.8 Å². The van der Waals surface area contributed by atoms with Gasteiger partial charge in [0.15, 0.2) is 6.61 Å². The molecule has 14 heteroatoms. The molecule has 0 radical (unpaired) electrons. The van der Waals surface area contributed by atoms with Crippen LogP contribution in [0.3, 0.4) is 0 Å². The van der Waals surface area contributed by atoms with Gasteiger partial charge in [-0.15, -0.1) is 9.46 Å². The zero-order valence-corrected chi connectivity index (χ0v) is 21.4. The first-order valence-corrected chi connectivity index (χ1v) is 12.8. The number of halogens is 4. The molecule has 35 heavy (non-hydrogen) atoms. The van der Waals surface area contributed by atoms with Gasteiger partial charge in [-0.05, 0) is 43.9 Å². The molecule has 0 bridgehead atoms. The van der Waals surface area contributed by atoms with Crippen molar-refractivity contribution in [2.45, 2.75) is 19.3 Å². The molecular formula is C21H19BrClF2N2O7P. The predicted octanol–water partition coefficient (Wildman–Crippen LogP) is 5.21. The molecule has 0 unspecified atom stereocenters. The Morgan fingerprint density at radius 2 is 1.66 bits per heavy atom. The number of imidazole rings is 1. The highest BCUT2D eigenvalue weighted by molar-refractivity contribution is 9.10. The Balaban J connectivity index is 1.69. The number of aromatic nitrogens is 2. The van der Waals surface area contributed by atoms with Crippen LogP contribution in [0.5, 0.6) is 5.75 Å². The first kappa shape index (κ1) is 27.1. The van der Waals surface area contributed by atoms with Crippen molar-refractivity contribution in [2.24, 2.45) is 0 Å². The SMILES string of the molecule is COC(=O)COc1ccc(Cn2ccn(Cc3ccc(CP(=O)(OF)OF)c(Br)c3)c2=O)cc1Cl. The molecule has 1 heterocycles. The molecule has 0 aliphatic carbocycles. The van der Waals surface area contributed by atoms with Crippen molar-refractivity contribution >= 4 is 41.1 Å². The molecule has 3 rings (SSSR count). The smallest absolute Gasteiger partial charge is 0.399 e. The van der Waals surface area contributed by atoms with Gasteiger partial charge in [-0.3, -0.25) is 13.7 Å². The minimum atomic E-state index is -4.53. The number of benzene rings is 2. The number of rotatable bonds is 11. The Bertz CT molecular complexity index is 1310. The van der Waals surface area contributed by atoms with Gasteiger partial charge in [0.25, 0.3) is 0 Å². The molecule has 2 aromatic carbocycles. The lowest BCUT2D eigenvalue weighted by atomic mass is 10.1. The first-order chi connectivity index (χ1) is 16.7. The molecule has 0 aliphatic heterocycles. The fraction of sp³-hybridized carbons (Fsp3) is 0.238. The van der Waals surface area contributed by atoms with E-state index in [0.29, 0.717) is 21.3 Å². The highest BCUT2D eigenvalue weighted by Gasteiger charge is 2.29. The largest absolute Gasteiger partial charge is 0.480 e. The van der Waals surface area contributed by atoms with Crippen molar-refractivity contribution < 1.29 is 37.3 Å². The number of hydrogen-bond donors (Lipinski definition) is 0.